The Kier molecular flexibility index (Phi) is 7.58. The molecule has 3 nitrogen and oxygen atoms in total. The van der Waals surface area contributed by atoms with Crippen LogP contribution in [0.3, 0.4) is 0 Å². The van der Waals surface area contributed by atoms with Crippen LogP contribution in [0.1, 0.15) is 25.3 Å². The van der Waals surface area contributed by atoms with Crippen molar-refractivity contribution >= 4 is 5.97 Å². The quantitative estimate of drug-likeness (QED) is 0.395. The number of alkyl halides is 1. The molecule has 0 aromatic heterocycles. The molecule has 1 atom stereocenters. The number of halogens is 1. The first-order valence-corrected chi connectivity index (χ1v) is 6.74. The molecule has 0 radical (unpaired) electrons. The predicted octanol–water partition coefficient (Wildman–Crippen LogP) is 3.44. The third-order valence-corrected chi connectivity index (χ3v) is 2.72. The molecule has 1 aromatic rings. The van der Waals surface area contributed by atoms with Gasteiger partial charge in [-0.2, -0.15) is 0 Å². The van der Waals surface area contributed by atoms with E-state index in [4.69, 9.17) is 9.47 Å². The zero-order chi connectivity index (χ0) is 14.8. The van der Waals surface area contributed by atoms with Crippen LogP contribution in [-0.2, 0) is 20.9 Å². The van der Waals surface area contributed by atoms with E-state index in [1.54, 1.807) is 6.92 Å². The van der Waals surface area contributed by atoms with Gasteiger partial charge >= 0.3 is 5.97 Å². The summed E-state index contributed by atoms with van der Waals surface area (Å²) >= 11 is 0. The van der Waals surface area contributed by atoms with Crippen LogP contribution in [0.15, 0.2) is 42.5 Å². The van der Waals surface area contributed by atoms with Crippen molar-refractivity contribution in [3.63, 3.8) is 0 Å². The smallest absolute Gasteiger partial charge is 0.333 e. The van der Waals surface area contributed by atoms with E-state index in [-0.39, 0.29) is 25.0 Å². The molecule has 0 bridgehead atoms. The zero-order valence-corrected chi connectivity index (χ0v) is 11.8. The van der Waals surface area contributed by atoms with Gasteiger partial charge in [0.2, 0.25) is 0 Å². The molecule has 0 fully saturated rings. The molecule has 1 aromatic carbocycles. The second kappa shape index (κ2) is 9.26. The van der Waals surface area contributed by atoms with Gasteiger partial charge in [0.1, 0.15) is 6.17 Å². The standard InChI is InChI=1S/C16H21FO3/c1-3-20-16(18)13(2)11-15(17)9-10-19-12-14-7-5-4-6-8-14/h4-8,15H,2-3,9-12H2,1H3/t15-/m0/s1. The van der Waals surface area contributed by atoms with E-state index in [9.17, 15) is 9.18 Å². The summed E-state index contributed by atoms with van der Waals surface area (Å²) in [5.74, 6) is -0.527. The third-order valence-electron chi connectivity index (χ3n) is 2.72. The van der Waals surface area contributed by atoms with E-state index in [1.807, 2.05) is 30.3 Å². The van der Waals surface area contributed by atoms with Gasteiger partial charge < -0.3 is 9.47 Å². The highest BCUT2D eigenvalue weighted by atomic mass is 19.1. The largest absolute Gasteiger partial charge is 0.463 e. The van der Waals surface area contributed by atoms with Gasteiger partial charge in [0.25, 0.3) is 0 Å². The van der Waals surface area contributed by atoms with Crippen molar-refractivity contribution in [1.29, 1.82) is 0 Å². The maximum atomic E-state index is 13.6. The monoisotopic (exact) mass is 280 g/mol. The summed E-state index contributed by atoms with van der Waals surface area (Å²) in [6, 6.07) is 9.70. The Bertz CT molecular complexity index is 417. The molecular weight excluding hydrogens is 259 g/mol. The van der Waals surface area contributed by atoms with Gasteiger partial charge in [-0.25, -0.2) is 9.18 Å². The molecular formula is C16H21FO3. The van der Waals surface area contributed by atoms with Gasteiger partial charge in [-0.1, -0.05) is 36.9 Å². The van der Waals surface area contributed by atoms with Crippen molar-refractivity contribution in [2.24, 2.45) is 0 Å². The second-order valence-electron chi connectivity index (χ2n) is 4.45. The first-order chi connectivity index (χ1) is 9.63. The molecule has 110 valence electrons. The molecule has 0 N–H and O–H groups in total. The molecule has 0 aliphatic heterocycles. The van der Waals surface area contributed by atoms with Gasteiger partial charge in [0.15, 0.2) is 0 Å². The second-order valence-corrected chi connectivity index (χ2v) is 4.45. The summed E-state index contributed by atoms with van der Waals surface area (Å²) in [7, 11) is 0. The molecule has 0 saturated carbocycles. The van der Waals surface area contributed by atoms with Crippen LogP contribution in [-0.4, -0.2) is 25.4 Å². The highest BCUT2D eigenvalue weighted by molar-refractivity contribution is 5.87. The number of esters is 1. The van der Waals surface area contributed by atoms with E-state index in [0.29, 0.717) is 13.2 Å². The molecule has 0 saturated heterocycles. The summed E-state index contributed by atoms with van der Waals surface area (Å²) < 4.78 is 23.8. The van der Waals surface area contributed by atoms with E-state index < -0.39 is 12.1 Å². The van der Waals surface area contributed by atoms with Crippen LogP contribution in [0.2, 0.25) is 0 Å². The number of benzene rings is 1. The summed E-state index contributed by atoms with van der Waals surface area (Å²) in [4.78, 5) is 11.3. The summed E-state index contributed by atoms with van der Waals surface area (Å²) in [6.45, 7) is 6.29. The fourth-order valence-electron chi connectivity index (χ4n) is 1.66. The number of hydrogen-bond acceptors (Lipinski definition) is 3. The lowest BCUT2D eigenvalue weighted by molar-refractivity contribution is -0.138. The van der Waals surface area contributed by atoms with Gasteiger partial charge in [-0.3, -0.25) is 0 Å². The first-order valence-electron chi connectivity index (χ1n) is 6.74. The Morgan fingerprint density at radius 1 is 1.35 bits per heavy atom. The minimum atomic E-state index is -1.14. The zero-order valence-electron chi connectivity index (χ0n) is 11.8. The molecule has 0 heterocycles. The highest BCUT2D eigenvalue weighted by Gasteiger charge is 2.14. The molecule has 0 spiro atoms. The van der Waals surface area contributed by atoms with Crippen molar-refractivity contribution in [2.45, 2.75) is 32.5 Å². The van der Waals surface area contributed by atoms with Gasteiger partial charge in [0.05, 0.1) is 13.2 Å². The van der Waals surface area contributed by atoms with Crippen molar-refractivity contribution in [1.82, 2.24) is 0 Å². The maximum Gasteiger partial charge on any atom is 0.333 e. The van der Waals surface area contributed by atoms with E-state index in [0.717, 1.165) is 5.56 Å². The van der Waals surface area contributed by atoms with E-state index >= 15 is 0 Å². The summed E-state index contributed by atoms with van der Waals surface area (Å²) in [6.07, 6.45) is -0.901. The molecule has 0 amide bonds. The number of carbonyl (C=O) groups excluding carboxylic acids is 1. The topological polar surface area (TPSA) is 35.5 Å². The number of carbonyl (C=O) groups is 1. The summed E-state index contributed by atoms with van der Waals surface area (Å²) in [5, 5.41) is 0. The lowest BCUT2D eigenvalue weighted by atomic mass is 10.1. The SMILES string of the molecule is C=C(C[C@@H](F)CCOCc1ccccc1)C(=O)OCC. The van der Waals surface area contributed by atoms with Crippen LogP contribution < -0.4 is 0 Å². The Morgan fingerprint density at radius 2 is 2.05 bits per heavy atom. The van der Waals surface area contributed by atoms with Crippen molar-refractivity contribution in [2.75, 3.05) is 13.2 Å². The number of rotatable bonds is 9. The molecule has 0 aliphatic rings. The van der Waals surface area contributed by atoms with Crippen molar-refractivity contribution in [3.8, 4) is 0 Å². The maximum absolute atomic E-state index is 13.6. The lowest BCUT2D eigenvalue weighted by Crippen LogP contribution is -2.13. The minimum absolute atomic E-state index is 0.00642. The van der Waals surface area contributed by atoms with Crippen LogP contribution in [0.5, 0.6) is 0 Å². The fourth-order valence-corrected chi connectivity index (χ4v) is 1.66. The normalized spacial score (nSPS) is 11.9. The Balaban J connectivity index is 2.15. The minimum Gasteiger partial charge on any atom is -0.463 e. The first kappa shape index (κ1) is 16.4. The Labute approximate surface area is 119 Å². The van der Waals surface area contributed by atoms with Crippen LogP contribution in [0.4, 0.5) is 4.39 Å². The Hall–Kier alpha value is -1.68. The van der Waals surface area contributed by atoms with Crippen LogP contribution in [0.25, 0.3) is 0 Å². The van der Waals surface area contributed by atoms with Crippen LogP contribution in [0, 0.1) is 0 Å². The average molecular weight is 280 g/mol. The third kappa shape index (κ3) is 6.48. The Morgan fingerprint density at radius 3 is 2.70 bits per heavy atom. The van der Waals surface area contributed by atoms with Gasteiger partial charge in [-0.15, -0.1) is 0 Å². The van der Waals surface area contributed by atoms with Gasteiger partial charge in [-0.05, 0) is 12.5 Å². The van der Waals surface area contributed by atoms with Crippen molar-refractivity contribution in [3.05, 3.63) is 48.0 Å². The average Bonchev–Trinajstić information content (AvgIpc) is 2.45. The summed E-state index contributed by atoms with van der Waals surface area (Å²) in [5.41, 5.74) is 1.22. The molecule has 20 heavy (non-hydrogen) atoms. The highest BCUT2D eigenvalue weighted by Crippen LogP contribution is 2.12. The molecule has 0 aliphatic carbocycles. The fraction of sp³-hybridized carbons (Fsp3) is 0.438. The molecule has 1 rings (SSSR count). The van der Waals surface area contributed by atoms with E-state index in [1.165, 1.54) is 0 Å². The van der Waals surface area contributed by atoms with Crippen molar-refractivity contribution < 1.29 is 18.7 Å². The number of hydrogen-bond donors (Lipinski definition) is 0. The molecule has 0 unspecified atom stereocenters. The van der Waals surface area contributed by atoms with Crippen LogP contribution >= 0.6 is 0 Å². The van der Waals surface area contributed by atoms with E-state index in [2.05, 4.69) is 6.58 Å². The van der Waals surface area contributed by atoms with Gasteiger partial charge in [0, 0.05) is 25.0 Å². The predicted molar refractivity (Wildman–Crippen MR) is 76.0 cm³/mol. The lowest BCUT2D eigenvalue weighted by Gasteiger charge is -2.10. The number of ether oxygens (including phenoxy) is 2. The molecule has 4 heteroatoms.